The molecule has 3 rings (SSSR count). The Hall–Kier alpha value is -2.31. The van der Waals surface area contributed by atoms with Crippen molar-refractivity contribution in [2.24, 2.45) is 0 Å². The molecular formula is C14H20N6O. The zero-order valence-corrected chi connectivity index (χ0v) is 12.1. The van der Waals surface area contributed by atoms with Gasteiger partial charge in [-0.25, -0.2) is 9.97 Å². The molecule has 0 radical (unpaired) electrons. The van der Waals surface area contributed by atoms with Gasteiger partial charge in [0.15, 0.2) is 11.5 Å². The lowest BCUT2D eigenvalue weighted by Crippen LogP contribution is -2.31. The van der Waals surface area contributed by atoms with Gasteiger partial charge in [0.2, 0.25) is 5.91 Å². The number of aromatic nitrogens is 3. The van der Waals surface area contributed by atoms with E-state index >= 15 is 0 Å². The molecule has 1 aliphatic carbocycles. The Kier molecular flexibility index (Phi) is 3.89. The molecular weight excluding hydrogens is 268 g/mol. The van der Waals surface area contributed by atoms with Crippen molar-refractivity contribution < 1.29 is 4.79 Å². The molecule has 2 aromatic rings. The van der Waals surface area contributed by atoms with Crippen LogP contribution in [0.3, 0.4) is 0 Å². The average molecular weight is 288 g/mol. The third-order valence-corrected chi connectivity index (χ3v) is 3.29. The largest absolute Gasteiger partial charge is 0.369 e. The summed E-state index contributed by atoms with van der Waals surface area (Å²) < 4.78 is 1.89. The molecule has 1 amide bonds. The van der Waals surface area contributed by atoms with E-state index in [1.165, 1.54) is 0 Å². The number of carbonyl (C=O) groups excluding carboxylic acids is 1. The molecule has 0 bridgehead atoms. The number of anilines is 2. The number of nitrogens with zero attached hydrogens (tertiary/aromatic N) is 3. The Morgan fingerprint density at radius 2 is 2.29 bits per heavy atom. The van der Waals surface area contributed by atoms with E-state index in [4.69, 9.17) is 0 Å². The summed E-state index contributed by atoms with van der Waals surface area (Å²) >= 11 is 0. The van der Waals surface area contributed by atoms with Crippen molar-refractivity contribution in [3.63, 3.8) is 0 Å². The van der Waals surface area contributed by atoms with Crippen LogP contribution in [0, 0.1) is 0 Å². The molecule has 1 aliphatic rings. The first kappa shape index (κ1) is 13.7. The van der Waals surface area contributed by atoms with E-state index in [-0.39, 0.29) is 12.5 Å². The zero-order valence-electron chi connectivity index (χ0n) is 12.1. The minimum atomic E-state index is -0.00377. The van der Waals surface area contributed by atoms with E-state index < -0.39 is 0 Å². The number of fused-ring (bicyclic) bond motifs is 1. The molecule has 7 nitrogen and oxygen atoms in total. The van der Waals surface area contributed by atoms with Gasteiger partial charge in [0.1, 0.15) is 5.82 Å². The Balaban J connectivity index is 1.72. The van der Waals surface area contributed by atoms with Gasteiger partial charge >= 0.3 is 0 Å². The fourth-order valence-corrected chi connectivity index (χ4v) is 2.06. The molecule has 1 saturated carbocycles. The van der Waals surface area contributed by atoms with Crippen LogP contribution in [0.4, 0.5) is 11.6 Å². The minimum absolute atomic E-state index is 0.00377. The number of imidazole rings is 1. The lowest BCUT2D eigenvalue weighted by molar-refractivity contribution is -0.119. The molecule has 0 aromatic carbocycles. The number of rotatable bonds is 7. The van der Waals surface area contributed by atoms with E-state index in [0.717, 1.165) is 37.3 Å². The second-order valence-corrected chi connectivity index (χ2v) is 5.25. The smallest absolute Gasteiger partial charge is 0.239 e. The van der Waals surface area contributed by atoms with E-state index in [1.807, 2.05) is 16.8 Å². The monoisotopic (exact) mass is 288 g/mol. The number of nitrogens with one attached hydrogen (secondary N) is 3. The second-order valence-electron chi connectivity index (χ2n) is 5.25. The Morgan fingerprint density at radius 1 is 1.43 bits per heavy atom. The molecule has 112 valence electrons. The van der Waals surface area contributed by atoms with Gasteiger partial charge in [0.05, 0.1) is 12.7 Å². The van der Waals surface area contributed by atoms with Crippen molar-refractivity contribution in [3.8, 4) is 0 Å². The van der Waals surface area contributed by atoms with Crippen LogP contribution in [0.25, 0.3) is 5.65 Å². The van der Waals surface area contributed by atoms with Crippen LogP contribution in [-0.4, -0.2) is 39.4 Å². The van der Waals surface area contributed by atoms with Crippen LogP contribution in [0.2, 0.25) is 0 Å². The van der Waals surface area contributed by atoms with Gasteiger partial charge in [-0.1, -0.05) is 6.92 Å². The van der Waals surface area contributed by atoms with Crippen molar-refractivity contribution in [2.45, 2.75) is 32.2 Å². The fraction of sp³-hybridized carbons (Fsp3) is 0.500. The standard InChI is InChI=1S/C14H20N6O/c1-2-5-15-11-9-20-7-6-16-14(20)13(19-11)17-8-12(21)18-10-3-4-10/h6-7,9-10,15H,2-5,8H2,1H3,(H,17,19)(H,18,21). The lowest BCUT2D eigenvalue weighted by atomic mass is 10.4. The summed E-state index contributed by atoms with van der Waals surface area (Å²) in [6, 6.07) is 0.372. The van der Waals surface area contributed by atoms with Crippen molar-refractivity contribution in [1.82, 2.24) is 19.7 Å². The third-order valence-electron chi connectivity index (χ3n) is 3.29. The zero-order chi connectivity index (χ0) is 14.7. The molecule has 0 spiro atoms. The normalized spacial score (nSPS) is 14.1. The molecule has 0 aliphatic heterocycles. The first-order valence-electron chi connectivity index (χ1n) is 7.37. The Morgan fingerprint density at radius 3 is 3.05 bits per heavy atom. The average Bonchev–Trinajstić information content (AvgIpc) is 3.16. The highest BCUT2D eigenvalue weighted by molar-refractivity contribution is 5.82. The minimum Gasteiger partial charge on any atom is -0.369 e. The fourth-order valence-electron chi connectivity index (χ4n) is 2.06. The maximum absolute atomic E-state index is 11.8. The molecule has 7 heteroatoms. The van der Waals surface area contributed by atoms with Crippen LogP contribution in [0.5, 0.6) is 0 Å². The lowest BCUT2D eigenvalue weighted by Gasteiger charge is -2.10. The second kappa shape index (κ2) is 5.99. The van der Waals surface area contributed by atoms with E-state index in [9.17, 15) is 4.79 Å². The molecule has 0 atom stereocenters. The van der Waals surface area contributed by atoms with Crippen molar-refractivity contribution in [3.05, 3.63) is 18.6 Å². The van der Waals surface area contributed by atoms with Crippen LogP contribution < -0.4 is 16.0 Å². The van der Waals surface area contributed by atoms with E-state index in [0.29, 0.717) is 11.9 Å². The van der Waals surface area contributed by atoms with Crippen molar-refractivity contribution in [1.29, 1.82) is 0 Å². The summed E-state index contributed by atoms with van der Waals surface area (Å²) in [4.78, 5) is 20.5. The summed E-state index contributed by atoms with van der Waals surface area (Å²) in [5.74, 6) is 1.38. The van der Waals surface area contributed by atoms with Gasteiger partial charge in [-0.2, -0.15) is 0 Å². The van der Waals surface area contributed by atoms with E-state index in [2.05, 4.69) is 32.8 Å². The van der Waals surface area contributed by atoms with Gasteiger partial charge in [-0.05, 0) is 19.3 Å². The molecule has 0 saturated heterocycles. The molecule has 3 N–H and O–H groups in total. The van der Waals surface area contributed by atoms with Gasteiger partial charge < -0.3 is 20.4 Å². The molecule has 2 heterocycles. The highest BCUT2D eigenvalue weighted by Gasteiger charge is 2.23. The third kappa shape index (κ3) is 3.42. The van der Waals surface area contributed by atoms with Crippen LogP contribution in [-0.2, 0) is 4.79 Å². The predicted octanol–water partition coefficient (Wildman–Crippen LogP) is 1.24. The summed E-state index contributed by atoms with van der Waals surface area (Å²) in [6.45, 7) is 3.17. The predicted molar refractivity (Wildman–Crippen MR) is 81.4 cm³/mol. The van der Waals surface area contributed by atoms with Crippen LogP contribution in [0.1, 0.15) is 26.2 Å². The van der Waals surface area contributed by atoms with Gasteiger partial charge in [-0.15, -0.1) is 0 Å². The van der Waals surface area contributed by atoms with Crippen LogP contribution >= 0.6 is 0 Å². The molecule has 2 aromatic heterocycles. The molecule has 0 unspecified atom stereocenters. The maximum atomic E-state index is 11.8. The number of amides is 1. The number of carbonyl (C=O) groups is 1. The van der Waals surface area contributed by atoms with Crippen molar-refractivity contribution >= 4 is 23.2 Å². The van der Waals surface area contributed by atoms with Crippen LogP contribution in [0.15, 0.2) is 18.6 Å². The Labute approximate surface area is 123 Å². The summed E-state index contributed by atoms with van der Waals surface area (Å²) in [7, 11) is 0. The van der Waals surface area contributed by atoms with Gasteiger partial charge in [0.25, 0.3) is 0 Å². The number of hydrogen-bond donors (Lipinski definition) is 3. The Bertz CT molecular complexity index is 633. The quantitative estimate of drug-likeness (QED) is 0.714. The SMILES string of the molecule is CCCNc1cn2ccnc2c(NCC(=O)NC2CC2)n1. The highest BCUT2D eigenvalue weighted by atomic mass is 16.2. The maximum Gasteiger partial charge on any atom is 0.239 e. The summed E-state index contributed by atoms with van der Waals surface area (Å²) in [5.41, 5.74) is 0.719. The summed E-state index contributed by atoms with van der Waals surface area (Å²) in [6.07, 6.45) is 8.68. The first-order chi connectivity index (χ1) is 10.3. The first-order valence-corrected chi connectivity index (χ1v) is 7.37. The molecule has 1 fully saturated rings. The van der Waals surface area contributed by atoms with E-state index in [1.54, 1.807) is 6.20 Å². The van der Waals surface area contributed by atoms with Crippen molar-refractivity contribution in [2.75, 3.05) is 23.7 Å². The summed E-state index contributed by atoms with van der Waals surface area (Å²) in [5, 5.41) is 9.27. The van der Waals surface area contributed by atoms with Gasteiger partial charge in [-0.3, -0.25) is 4.79 Å². The number of hydrogen-bond acceptors (Lipinski definition) is 5. The molecule has 21 heavy (non-hydrogen) atoms. The van der Waals surface area contributed by atoms with Gasteiger partial charge in [0, 0.05) is 25.0 Å². The highest BCUT2D eigenvalue weighted by Crippen LogP contribution is 2.19. The topological polar surface area (TPSA) is 83.3 Å².